The first-order valence-corrected chi connectivity index (χ1v) is 5.90. The van der Waals surface area contributed by atoms with E-state index >= 15 is 0 Å². The van der Waals surface area contributed by atoms with E-state index in [1.54, 1.807) is 12.1 Å². The Bertz CT molecular complexity index is 432. The van der Waals surface area contributed by atoms with Gasteiger partial charge in [0.25, 0.3) is 0 Å². The Morgan fingerprint density at radius 3 is 2.65 bits per heavy atom. The van der Waals surface area contributed by atoms with E-state index in [9.17, 15) is 4.79 Å². The van der Waals surface area contributed by atoms with Crippen LogP contribution in [0.25, 0.3) is 0 Å². The van der Waals surface area contributed by atoms with Gasteiger partial charge in [-0.15, -0.1) is 0 Å². The standard InChI is InChI=1S/C14H18N2O/c1-4-7-16(11(2)3)14-6-5-12(10-17)8-13(14)9-15/h5-6,8,10-11H,4,7H2,1-3H3. The lowest BCUT2D eigenvalue weighted by Crippen LogP contribution is -2.32. The van der Waals surface area contributed by atoms with Crippen LogP contribution in [0.2, 0.25) is 0 Å². The summed E-state index contributed by atoms with van der Waals surface area (Å²) in [7, 11) is 0. The van der Waals surface area contributed by atoms with Crippen molar-refractivity contribution in [3.8, 4) is 6.07 Å². The maximum absolute atomic E-state index is 10.7. The fourth-order valence-corrected chi connectivity index (χ4v) is 1.86. The smallest absolute Gasteiger partial charge is 0.150 e. The van der Waals surface area contributed by atoms with Crippen LogP contribution in [0.4, 0.5) is 5.69 Å². The number of carbonyl (C=O) groups excluding carboxylic acids is 1. The van der Waals surface area contributed by atoms with Crippen molar-refractivity contribution < 1.29 is 4.79 Å². The van der Waals surface area contributed by atoms with Crippen molar-refractivity contribution in [1.29, 1.82) is 5.26 Å². The second-order valence-electron chi connectivity index (χ2n) is 4.29. The highest BCUT2D eigenvalue weighted by molar-refractivity contribution is 5.78. The summed E-state index contributed by atoms with van der Waals surface area (Å²) in [6, 6.07) is 7.76. The zero-order chi connectivity index (χ0) is 12.8. The fourth-order valence-electron chi connectivity index (χ4n) is 1.86. The van der Waals surface area contributed by atoms with Gasteiger partial charge in [0.1, 0.15) is 12.4 Å². The van der Waals surface area contributed by atoms with E-state index in [1.165, 1.54) is 0 Å². The normalized spacial score (nSPS) is 10.1. The van der Waals surface area contributed by atoms with Gasteiger partial charge in [-0.05, 0) is 38.5 Å². The number of rotatable bonds is 5. The van der Waals surface area contributed by atoms with Crippen molar-refractivity contribution >= 4 is 12.0 Å². The maximum Gasteiger partial charge on any atom is 0.150 e. The van der Waals surface area contributed by atoms with Crippen LogP contribution < -0.4 is 4.90 Å². The molecule has 3 heteroatoms. The fraction of sp³-hybridized carbons (Fsp3) is 0.429. The molecule has 0 aliphatic heterocycles. The molecule has 0 spiro atoms. The molecule has 1 aromatic carbocycles. The van der Waals surface area contributed by atoms with Gasteiger partial charge in [-0.2, -0.15) is 5.26 Å². The van der Waals surface area contributed by atoms with E-state index in [0.717, 1.165) is 24.9 Å². The molecule has 0 aliphatic carbocycles. The van der Waals surface area contributed by atoms with Crippen LogP contribution >= 0.6 is 0 Å². The van der Waals surface area contributed by atoms with Crippen molar-refractivity contribution in [2.75, 3.05) is 11.4 Å². The van der Waals surface area contributed by atoms with Gasteiger partial charge in [0.2, 0.25) is 0 Å². The predicted molar refractivity (Wildman–Crippen MR) is 69.3 cm³/mol. The van der Waals surface area contributed by atoms with Gasteiger partial charge in [0.15, 0.2) is 0 Å². The van der Waals surface area contributed by atoms with Gasteiger partial charge >= 0.3 is 0 Å². The lowest BCUT2D eigenvalue weighted by atomic mass is 10.1. The molecule has 0 saturated carbocycles. The van der Waals surface area contributed by atoms with Crippen LogP contribution in [0.1, 0.15) is 43.1 Å². The molecule has 0 fully saturated rings. The highest BCUT2D eigenvalue weighted by Gasteiger charge is 2.13. The summed E-state index contributed by atoms with van der Waals surface area (Å²) in [5, 5.41) is 9.14. The first kappa shape index (κ1) is 13.2. The van der Waals surface area contributed by atoms with Gasteiger partial charge in [-0.3, -0.25) is 4.79 Å². The lowest BCUT2D eigenvalue weighted by Gasteiger charge is -2.29. The van der Waals surface area contributed by atoms with E-state index in [1.807, 2.05) is 6.07 Å². The van der Waals surface area contributed by atoms with Gasteiger partial charge in [-0.25, -0.2) is 0 Å². The SMILES string of the molecule is CCCN(c1ccc(C=O)cc1C#N)C(C)C. The average Bonchev–Trinajstić information content (AvgIpc) is 2.35. The van der Waals surface area contributed by atoms with Crippen LogP contribution in [0.15, 0.2) is 18.2 Å². The molecule has 0 bridgehead atoms. The molecule has 0 radical (unpaired) electrons. The van der Waals surface area contributed by atoms with E-state index < -0.39 is 0 Å². The molecule has 0 unspecified atom stereocenters. The Balaban J connectivity index is 3.19. The van der Waals surface area contributed by atoms with E-state index in [0.29, 0.717) is 17.2 Å². The third-order valence-corrected chi connectivity index (χ3v) is 2.67. The number of aldehydes is 1. The minimum Gasteiger partial charge on any atom is -0.368 e. The molecule has 1 aromatic rings. The number of hydrogen-bond donors (Lipinski definition) is 0. The van der Waals surface area contributed by atoms with Crippen LogP contribution in [0, 0.1) is 11.3 Å². The summed E-state index contributed by atoms with van der Waals surface area (Å²) in [4.78, 5) is 12.9. The Kier molecular flexibility index (Phi) is 4.71. The summed E-state index contributed by atoms with van der Waals surface area (Å²) in [5.74, 6) is 0. The van der Waals surface area contributed by atoms with Crippen molar-refractivity contribution in [3.05, 3.63) is 29.3 Å². The third-order valence-electron chi connectivity index (χ3n) is 2.67. The van der Waals surface area contributed by atoms with Gasteiger partial charge < -0.3 is 4.90 Å². The molecule has 0 atom stereocenters. The molecule has 0 amide bonds. The Morgan fingerprint density at radius 1 is 1.47 bits per heavy atom. The molecule has 0 aromatic heterocycles. The minimum atomic E-state index is 0.337. The topological polar surface area (TPSA) is 44.1 Å². The molecule has 0 heterocycles. The molecule has 0 N–H and O–H groups in total. The zero-order valence-corrected chi connectivity index (χ0v) is 10.6. The minimum absolute atomic E-state index is 0.337. The third kappa shape index (κ3) is 3.07. The van der Waals surface area contributed by atoms with Crippen molar-refractivity contribution in [2.24, 2.45) is 0 Å². The number of carbonyl (C=O) groups is 1. The highest BCUT2D eigenvalue weighted by atomic mass is 16.1. The van der Waals surface area contributed by atoms with E-state index in [2.05, 4.69) is 31.7 Å². The number of anilines is 1. The maximum atomic E-state index is 10.7. The summed E-state index contributed by atoms with van der Waals surface area (Å²) in [6.07, 6.45) is 1.79. The van der Waals surface area contributed by atoms with E-state index in [-0.39, 0.29) is 0 Å². The van der Waals surface area contributed by atoms with Crippen LogP contribution in [0.5, 0.6) is 0 Å². The molecule has 3 nitrogen and oxygen atoms in total. The lowest BCUT2D eigenvalue weighted by molar-refractivity contribution is 0.112. The molecule has 0 saturated heterocycles. The highest BCUT2D eigenvalue weighted by Crippen LogP contribution is 2.23. The van der Waals surface area contributed by atoms with Crippen LogP contribution in [-0.4, -0.2) is 18.9 Å². The van der Waals surface area contributed by atoms with Gasteiger partial charge in [0, 0.05) is 18.2 Å². The first-order chi connectivity index (χ1) is 8.13. The Labute approximate surface area is 103 Å². The van der Waals surface area contributed by atoms with Crippen LogP contribution in [-0.2, 0) is 0 Å². The summed E-state index contributed by atoms with van der Waals surface area (Å²) >= 11 is 0. The predicted octanol–water partition coefficient (Wildman–Crippen LogP) is 3.00. The Morgan fingerprint density at radius 2 is 2.18 bits per heavy atom. The molecule has 0 aliphatic rings. The second kappa shape index (κ2) is 6.05. The van der Waals surface area contributed by atoms with Gasteiger partial charge in [0.05, 0.1) is 11.3 Å². The largest absolute Gasteiger partial charge is 0.368 e. The van der Waals surface area contributed by atoms with E-state index in [4.69, 9.17) is 5.26 Å². The summed E-state index contributed by atoms with van der Waals surface area (Å²) in [5.41, 5.74) is 2.03. The number of benzene rings is 1. The van der Waals surface area contributed by atoms with Crippen molar-refractivity contribution in [1.82, 2.24) is 0 Å². The van der Waals surface area contributed by atoms with Crippen molar-refractivity contribution in [2.45, 2.75) is 33.2 Å². The molecular formula is C14H18N2O. The molecular weight excluding hydrogens is 212 g/mol. The van der Waals surface area contributed by atoms with Crippen LogP contribution in [0.3, 0.4) is 0 Å². The Hall–Kier alpha value is -1.82. The average molecular weight is 230 g/mol. The first-order valence-electron chi connectivity index (χ1n) is 5.90. The van der Waals surface area contributed by atoms with Crippen molar-refractivity contribution in [3.63, 3.8) is 0 Å². The van der Waals surface area contributed by atoms with Gasteiger partial charge in [-0.1, -0.05) is 6.92 Å². The summed E-state index contributed by atoms with van der Waals surface area (Å²) < 4.78 is 0. The number of nitriles is 1. The molecule has 90 valence electrons. The number of nitrogens with zero attached hydrogens (tertiary/aromatic N) is 2. The monoisotopic (exact) mass is 230 g/mol. The quantitative estimate of drug-likeness (QED) is 0.730. The molecule has 17 heavy (non-hydrogen) atoms. The number of hydrogen-bond acceptors (Lipinski definition) is 3. The zero-order valence-electron chi connectivity index (χ0n) is 10.6. The second-order valence-corrected chi connectivity index (χ2v) is 4.29. The molecule has 1 rings (SSSR count). The summed E-state index contributed by atoms with van der Waals surface area (Å²) in [6.45, 7) is 7.23.